The summed E-state index contributed by atoms with van der Waals surface area (Å²) in [5, 5.41) is 0. The Kier molecular flexibility index (Phi) is 8.85. The molecule has 0 unspecified atom stereocenters. The normalized spacial score (nSPS) is 26.5. The first-order chi connectivity index (χ1) is 15.3. The van der Waals surface area contributed by atoms with Crippen LogP contribution >= 0.6 is 0 Å². The first-order valence-corrected chi connectivity index (χ1v) is 13.6. The van der Waals surface area contributed by atoms with Crippen molar-refractivity contribution < 1.29 is 4.79 Å². The van der Waals surface area contributed by atoms with Gasteiger partial charge in [-0.1, -0.05) is 101 Å². The van der Waals surface area contributed by atoms with Crippen LogP contribution in [0.25, 0.3) is 6.08 Å². The molecule has 0 aromatic heterocycles. The zero-order valence-corrected chi connectivity index (χ0v) is 19.7. The topological polar surface area (TPSA) is 17.1 Å². The molecule has 3 fully saturated rings. The Bertz CT molecular complexity index is 649. The molecule has 4 rings (SSSR count). The van der Waals surface area contributed by atoms with Gasteiger partial charge in [-0.2, -0.15) is 0 Å². The Morgan fingerprint density at radius 1 is 0.742 bits per heavy atom. The molecular weight excluding hydrogens is 376 g/mol. The van der Waals surface area contributed by atoms with Crippen molar-refractivity contribution in [1.82, 2.24) is 0 Å². The highest BCUT2D eigenvalue weighted by molar-refractivity contribution is 5.54. The van der Waals surface area contributed by atoms with E-state index >= 15 is 0 Å². The standard InChI is InChI=1S/C30H44O/c31-23-25-17-21-27(22-18-25)26-19-15-24(16-20-26)9-7-8-14-30(28-10-3-1-4-11-28)29-12-5-2-6-13-29/h7,9,15-16,19-20,23,25,27-30H,1-6,8,10-14,17-18,21-22H2. The van der Waals surface area contributed by atoms with Crippen molar-refractivity contribution >= 4 is 12.4 Å². The highest BCUT2D eigenvalue weighted by Crippen LogP contribution is 2.42. The van der Waals surface area contributed by atoms with Crippen LogP contribution in [0.2, 0.25) is 0 Å². The number of hydrogen-bond acceptors (Lipinski definition) is 1. The van der Waals surface area contributed by atoms with Gasteiger partial charge in [0, 0.05) is 5.92 Å². The van der Waals surface area contributed by atoms with E-state index in [0.29, 0.717) is 11.8 Å². The van der Waals surface area contributed by atoms with Crippen LogP contribution in [0.15, 0.2) is 30.3 Å². The van der Waals surface area contributed by atoms with E-state index in [9.17, 15) is 4.79 Å². The van der Waals surface area contributed by atoms with E-state index in [1.807, 2.05) is 0 Å². The minimum absolute atomic E-state index is 0.310. The lowest BCUT2D eigenvalue weighted by Crippen LogP contribution is -2.27. The van der Waals surface area contributed by atoms with Crippen LogP contribution in [0.4, 0.5) is 0 Å². The smallest absolute Gasteiger partial charge is 0.123 e. The molecular formula is C30H44O. The molecule has 0 aliphatic heterocycles. The fourth-order valence-electron chi connectivity index (χ4n) is 6.96. The Balaban J connectivity index is 1.28. The van der Waals surface area contributed by atoms with Gasteiger partial charge in [-0.25, -0.2) is 0 Å². The van der Waals surface area contributed by atoms with Crippen LogP contribution < -0.4 is 0 Å². The van der Waals surface area contributed by atoms with Crippen molar-refractivity contribution in [3.05, 3.63) is 41.5 Å². The minimum atomic E-state index is 0.310. The molecule has 1 aromatic carbocycles. The molecule has 31 heavy (non-hydrogen) atoms. The summed E-state index contributed by atoms with van der Waals surface area (Å²) in [7, 11) is 0. The van der Waals surface area contributed by atoms with E-state index in [-0.39, 0.29) is 0 Å². The van der Waals surface area contributed by atoms with E-state index in [1.54, 1.807) is 0 Å². The molecule has 0 saturated heterocycles. The summed E-state index contributed by atoms with van der Waals surface area (Å²) in [5.41, 5.74) is 2.81. The van der Waals surface area contributed by atoms with Crippen molar-refractivity contribution in [2.45, 2.75) is 109 Å². The van der Waals surface area contributed by atoms with Gasteiger partial charge in [0.2, 0.25) is 0 Å². The quantitative estimate of drug-likeness (QED) is 0.384. The molecule has 0 spiro atoms. The van der Waals surface area contributed by atoms with Gasteiger partial charge in [-0.15, -0.1) is 0 Å². The summed E-state index contributed by atoms with van der Waals surface area (Å²) in [6.07, 6.45) is 28.0. The number of aldehydes is 1. The number of carbonyl (C=O) groups excluding carboxylic acids is 1. The maximum absolute atomic E-state index is 11.0. The van der Waals surface area contributed by atoms with Gasteiger partial charge in [-0.05, 0) is 73.3 Å². The summed E-state index contributed by atoms with van der Waals surface area (Å²) in [6, 6.07) is 9.27. The van der Waals surface area contributed by atoms with Gasteiger partial charge in [0.1, 0.15) is 6.29 Å². The SMILES string of the molecule is O=CC1CCC(c2ccc(C=CCCC(C3CCCCC3)C3CCCCC3)cc2)CC1. The maximum Gasteiger partial charge on any atom is 0.123 e. The molecule has 1 heteroatoms. The second-order valence-electron chi connectivity index (χ2n) is 10.9. The van der Waals surface area contributed by atoms with E-state index in [2.05, 4.69) is 36.4 Å². The van der Waals surface area contributed by atoms with Crippen molar-refractivity contribution in [3.8, 4) is 0 Å². The minimum Gasteiger partial charge on any atom is -0.303 e. The summed E-state index contributed by atoms with van der Waals surface area (Å²) in [6.45, 7) is 0. The number of rotatable bonds is 8. The van der Waals surface area contributed by atoms with Gasteiger partial charge in [0.05, 0.1) is 0 Å². The molecule has 3 saturated carbocycles. The van der Waals surface area contributed by atoms with Gasteiger partial charge in [-0.3, -0.25) is 0 Å². The maximum atomic E-state index is 11.0. The summed E-state index contributed by atoms with van der Waals surface area (Å²) in [4.78, 5) is 11.0. The number of allylic oxidation sites excluding steroid dienone is 1. The molecule has 1 aromatic rings. The molecule has 3 aliphatic rings. The fourth-order valence-corrected chi connectivity index (χ4v) is 6.96. The van der Waals surface area contributed by atoms with Crippen LogP contribution in [0.3, 0.4) is 0 Å². The van der Waals surface area contributed by atoms with E-state index in [0.717, 1.165) is 36.9 Å². The molecule has 0 bridgehead atoms. The zero-order valence-electron chi connectivity index (χ0n) is 19.7. The van der Waals surface area contributed by atoms with Crippen LogP contribution in [0.5, 0.6) is 0 Å². The highest BCUT2D eigenvalue weighted by atomic mass is 16.1. The monoisotopic (exact) mass is 420 g/mol. The van der Waals surface area contributed by atoms with E-state index in [4.69, 9.17) is 0 Å². The van der Waals surface area contributed by atoms with Crippen LogP contribution in [0.1, 0.15) is 120 Å². The third-order valence-electron chi connectivity index (χ3n) is 8.86. The molecule has 1 nitrogen and oxygen atoms in total. The Hall–Kier alpha value is -1.37. The van der Waals surface area contributed by atoms with Gasteiger partial charge in [0.25, 0.3) is 0 Å². The van der Waals surface area contributed by atoms with Crippen LogP contribution in [0, 0.1) is 23.7 Å². The number of benzene rings is 1. The van der Waals surface area contributed by atoms with Gasteiger partial charge in [0.15, 0.2) is 0 Å². The number of hydrogen-bond donors (Lipinski definition) is 0. The summed E-state index contributed by atoms with van der Waals surface area (Å²) >= 11 is 0. The molecule has 0 heterocycles. The van der Waals surface area contributed by atoms with Crippen molar-refractivity contribution in [2.75, 3.05) is 0 Å². The Morgan fingerprint density at radius 2 is 1.32 bits per heavy atom. The van der Waals surface area contributed by atoms with E-state index < -0.39 is 0 Å². The molecule has 0 atom stereocenters. The highest BCUT2D eigenvalue weighted by Gasteiger charge is 2.30. The Labute approximate surface area is 191 Å². The molecule has 0 radical (unpaired) electrons. The van der Waals surface area contributed by atoms with Crippen molar-refractivity contribution in [2.24, 2.45) is 23.7 Å². The van der Waals surface area contributed by atoms with Crippen LogP contribution in [-0.2, 0) is 4.79 Å². The summed E-state index contributed by atoms with van der Waals surface area (Å²) < 4.78 is 0. The predicted molar refractivity (Wildman–Crippen MR) is 132 cm³/mol. The van der Waals surface area contributed by atoms with Gasteiger partial charge < -0.3 is 4.79 Å². The van der Waals surface area contributed by atoms with Crippen molar-refractivity contribution in [1.29, 1.82) is 0 Å². The largest absolute Gasteiger partial charge is 0.303 e. The van der Waals surface area contributed by atoms with Gasteiger partial charge >= 0.3 is 0 Å². The molecule has 0 N–H and O–H groups in total. The zero-order chi connectivity index (χ0) is 21.3. The average molecular weight is 421 g/mol. The third-order valence-corrected chi connectivity index (χ3v) is 8.86. The average Bonchev–Trinajstić information content (AvgIpc) is 2.85. The van der Waals surface area contributed by atoms with Crippen LogP contribution in [-0.4, -0.2) is 6.29 Å². The second-order valence-corrected chi connectivity index (χ2v) is 10.9. The molecule has 170 valence electrons. The third kappa shape index (κ3) is 6.56. The predicted octanol–water partition coefficient (Wildman–Crippen LogP) is 8.73. The first kappa shape index (κ1) is 22.8. The first-order valence-electron chi connectivity index (χ1n) is 13.6. The van der Waals surface area contributed by atoms with Crippen molar-refractivity contribution in [3.63, 3.8) is 0 Å². The lowest BCUT2D eigenvalue weighted by atomic mass is 9.68. The Morgan fingerprint density at radius 3 is 1.87 bits per heavy atom. The molecule has 3 aliphatic carbocycles. The lowest BCUT2D eigenvalue weighted by molar-refractivity contribution is -0.111. The number of carbonyl (C=O) groups is 1. The summed E-state index contributed by atoms with van der Waals surface area (Å²) in [5.74, 6) is 3.97. The molecule has 0 amide bonds. The second kappa shape index (κ2) is 12.0. The van der Waals surface area contributed by atoms with E-state index in [1.165, 1.54) is 101 Å². The fraction of sp³-hybridized carbons (Fsp3) is 0.700. The lowest BCUT2D eigenvalue weighted by Gasteiger charge is -2.38.